The van der Waals surface area contributed by atoms with Crippen molar-refractivity contribution < 1.29 is 18.3 Å². The first-order valence-corrected chi connectivity index (χ1v) is 6.94. The lowest BCUT2D eigenvalue weighted by atomic mass is 10.1. The Morgan fingerprint density at radius 1 is 1.14 bits per heavy atom. The fraction of sp³-hybridized carbons (Fsp3) is 0.235. The normalized spacial score (nSPS) is 10.4. The number of carbonyl (C=O) groups is 1. The molecule has 5 heteroatoms. The number of amides is 1. The first-order chi connectivity index (χ1) is 10.6. The Morgan fingerprint density at radius 3 is 2.50 bits per heavy atom. The lowest BCUT2D eigenvalue weighted by Crippen LogP contribution is -2.32. The average Bonchev–Trinajstić information content (AvgIpc) is 2.52. The van der Waals surface area contributed by atoms with Gasteiger partial charge in [-0.15, -0.1) is 0 Å². The van der Waals surface area contributed by atoms with E-state index in [9.17, 15) is 13.6 Å². The molecule has 0 atom stereocenters. The number of ether oxygens (including phenoxy) is 1. The fourth-order valence-corrected chi connectivity index (χ4v) is 2.26. The van der Waals surface area contributed by atoms with Gasteiger partial charge in [0.05, 0.1) is 13.5 Å². The van der Waals surface area contributed by atoms with E-state index in [-0.39, 0.29) is 12.3 Å². The average molecular weight is 305 g/mol. The number of anilines is 1. The highest BCUT2D eigenvalue weighted by Gasteiger charge is 2.17. The van der Waals surface area contributed by atoms with Crippen LogP contribution in [0.15, 0.2) is 42.5 Å². The Balaban J connectivity index is 2.23. The Kier molecular flexibility index (Phi) is 5.09. The second-order valence-electron chi connectivity index (χ2n) is 4.73. The molecule has 22 heavy (non-hydrogen) atoms. The van der Waals surface area contributed by atoms with E-state index in [2.05, 4.69) is 0 Å². The van der Waals surface area contributed by atoms with E-state index in [1.165, 1.54) is 18.1 Å². The van der Waals surface area contributed by atoms with Gasteiger partial charge in [-0.25, -0.2) is 8.78 Å². The van der Waals surface area contributed by atoms with Crippen LogP contribution < -0.4 is 9.64 Å². The maximum Gasteiger partial charge on any atom is 0.231 e. The van der Waals surface area contributed by atoms with Crippen molar-refractivity contribution in [3.63, 3.8) is 0 Å². The minimum atomic E-state index is -0.971. The second kappa shape index (κ2) is 7.02. The summed E-state index contributed by atoms with van der Waals surface area (Å²) in [5.74, 6) is -1.49. The zero-order valence-electron chi connectivity index (χ0n) is 12.5. The van der Waals surface area contributed by atoms with Crippen molar-refractivity contribution in [3.05, 3.63) is 59.7 Å². The highest BCUT2D eigenvalue weighted by molar-refractivity contribution is 5.95. The van der Waals surface area contributed by atoms with Gasteiger partial charge >= 0.3 is 0 Å². The molecule has 0 radical (unpaired) electrons. The van der Waals surface area contributed by atoms with E-state index >= 15 is 0 Å². The number of hydrogen-bond donors (Lipinski definition) is 0. The van der Waals surface area contributed by atoms with Gasteiger partial charge in [-0.2, -0.15) is 0 Å². The maximum atomic E-state index is 13.4. The lowest BCUT2D eigenvalue weighted by molar-refractivity contribution is -0.118. The number of carbonyl (C=O) groups excluding carboxylic acids is 1. The number of methoxy groups -OCH3 is 1. The van der Waals surface area contributed by atoms with Crippen LogP contribution in [0, 0.1) is 11.6 Å². The summed E-state index contributed by atoms with van der Waals surface area (Å²) in [5, 5.41) is 0. The molecule has 0 aliphatic carbocycles. The van der Waals surface area contributed by atoms with E-state index in [1.54, 1.807) is 19.1 Å². The zero-order valence-corrected chi connectivity index (χ0v) is 12.5. The molecule has 0 spiro atoms. The standard InChI is InChI=1S/C17H17F2NO2/c1-3-20(13-8-9-14(18)15(19)11-13)17(21)10-12-6-4-5-7-16(12)22-2/h4-9,11H,3,10H2,1-2H3. The first-order valence-electron chi connectivity index (χ1n) is 6.94. The van der Waals surface area contributed by atoms with Crippen molar-refractivity contribution in [2.45, 2.75) is 13.3 Å². The van der Waals surface area contributed by atoms with Gasteiger partial charge in [0.15, 0.2) is 11.6 Å². The molecule has 2 aromatic carbocycles. The number of halogens is 2. The van der Waals surface area contributed by atoms with Gasteiger partial charge in [0.1, 0.15) is 5.75 Å². The Morgan fingerprint density at radius 2 is 1.86 bits per heavy atom. The molecule has 0 aliphatic rings. The monoisotopic (exact) mass is 305 g/mol. The number of benzene rings is 2. The number of hydrogen-bond acceptors (Lipinski definition) is 2. The molecular formula is C17H17F2NO2. The highest BCUT2D eigenvalue weighted by Crippen LogP contribution is 2.22. The van der Waals surface area contributed by atoms with Gasteiger partial charge < -0.3 is 9.64 Å². The summed E-state index contributed by atoms with van der Waals surface area (Å²) in [6, 6.07) is 10.6. The Labute approximate surface area is 128 Å². The molecule has 0 heterocycles. The quantitative estimate of drug-likeness (QED) is 0.845. The summed E-state index contributed by atoms with van der Waals surface area (Å²) in [6.45, 7) is 2.14. The molecule has 0 unspecified atom stereocenters. The SMILES string of the molecule is CCN(C(=O)Cc1ccccc1OC)c1ccc(F)c(F)c1. The van der Waals surface area contributed by atoms with Gasteiger partial charge in [-0.05, 0) is 25.1 Å². The predicted octanol–water partition coefficient (Wildman–Crippen LogP) is 3.57. The third kappa shape index (κ3) is 3.42. The van der Waals surface area contributed by atoms with Crippen LogP contribution in [0.25, 0.3) is 0 Å². The van der Waals surface area contributed by atoms with Crippen molar-refractivity contribution in [2.24, 2.45) is 0 Å². The largest absolute Gasteiger partial charge is 0.496 e. The molecule has 0 aliphatic heterocycles. The highest BCUT2D eigenvalue weighted by atomic mass is 19.2. The van der Waals surface area contributed by atoms with Crippen LogP contribution in [0.4, 0.5) is 14.5 Å². The predicted molar refractivity (Wildman–Crippen MR) is 81.1 cm³/mol. The summed E-state index contributed by atoms with van der Waals surface area (Å²) >= 11 is 0. The van der Waals surface area contributed by atoms with Crippen LogP contribution in [0.3, 0.4) is 0 Å². The topological polar surface area (TPSA) is 29.5 Å². The summed E-state index contributed by atoms with van der Waals surface area (Å²) in [4.78, 5) is 13.9. The number of likely N-dealkylation sites (N-methyl/N-ethyl adjacent to an activating group) is 1. The van der Waals surface area contributed by atoms with Crippen LogP contribution in [-0.2, 0) is 11.2 Å². The van der Waals surface area contributed by atoms with Crippen molar-refractivity contribution in [1.82, 2.24) is 0 Å². The van der Waals surface area contributed by atoms with Crippen LogP contribution in [0.5, 0.6) is 5.75 Å². The molecule has 0 aromatic heterocycles. The van der Waals surface area contributed by atoms with E-state index in [0.717, 1.165) is 17.7 Å². The van der Waals surface area contributed by atoms with Crippen LogP contribution in [0.1, 0.15) is 12.5 Å². The number of para-hydroxylation sites is 1. The molecule has 0 fully saturated rings. The van der Waals surface area contributed by atoms with E-state index < -0.39 is 11.6 Å². The van der Waals surface area contributed by atoms with Crippen molar-refractivity contribution >= 4 is 11.6 Å². The Bertz CT molecular complexity index is 673. The van der Waals surface area contributed by atoms with Gasteiger partial charge in [-0.3, -0.25) is 4.79 Å². The molecule has 2 aromatic rings. The van der Waals surface area contributed by atoms with Gasteiger partial charge in [-0.1, -0.05) is 18.2 Å². The van der Waals surface area contributed by atoms with Gasteiger partial charge in [0.25, 0.3) is 0 Å². The van der Waals surface area contributed by atoms with Crippen LogP contribution in [-0.4, -0.2) is 19.6 Å². The van der Waals surface area contributed by atoms with E-state index in [1.807, 2.05) is 12.1 Å². The van der Waals surface area contributed by atoms with Crippen LogP contribution >= 0.6 is 0 Å². The molecule has 2 rings (SSSR count). The summed E-state index contributed by atoms with van der Waals surface area (Å²) in [5.41, 5.74) is 1.08. The summed E-state index contributed by atoms with van der Waals surface area (Å²) in [7, 11) is 1.54. The van der Waals surface area contributed by atoms with E-state index in [0.29, 0.717) is 18.0 Å². The third-order valence-electron chi connectivity index (χ3n) is 3.37. The molecule has 0 bridgehead atoms. The van der Waals surface area contributed by atoms with Crippen molar-refractivity contribution in [3.8, 4) is 5.75 Å². The van der Waals surface area contributed by atoms with Crippen molar-refractivity contribution in [1.29, 1.82) is 0 Å². The summed E-state index contributed by atoms with van der Waals surface area (Å²) in [6.07, 6.45) is 0.122. The minimum Gasteiger partial charge on any atom is -0.496 e. The third-order valence-corrected chi connectivity index (χ3v) is 3.37. The molecule has 0 N–H and O–H groups in total. The maximum absolute atomic E-state index is 13.4. The van der Waals surface area contributed by atoms with Crippen molar-refractivity contribution in [2.75, 3.05) is 18.6 Å². The smallest absolute Gasteiger partial charge is 0.231 e. The molecule has 0 saturated heterocycles. The first kappa shape index (κ1) is 15.9. The Hall–Kier alpha value is -2.43. The van der Waals surface area contributed by atoms with E-state index in [4.69, 9.17) is 4.74 Å². The molecule has 0 saturated carbocycles. The number of rotatable bonds is 5. The second-order valence-corrected chi connectivity index (χ2v) is 4.73. The molecule has 116 valence electrons. The molecular weight excluding hydrogens is 288 g/mol. The lowest BCUT2D eigenvalue weighted by Gasteiger charge is -2.21. The summed E-state index contributed by atoms with van der Waals surface area (Å²) < 4.78 is 31.6. The minimum absolute atomic E-state index is 0.122. The van der Waals surface area contributed by atoms with Gasteiger partial charge in [0.2, 0.25) is 5.91 Å². The number of nitrogens with zero attached hydrogens (tertiary/aromatic N) is 1. The van der Waals surface area contributed by atoms with Crippen LogP contribution in [0.2, 0.25) is 0 Å². The fourth-order valence-electron chi connectivity index (χ4n) is 2.26. The molecule has 1 amide bonds. The molecule has 3 nitrogen and oxygen atoms in total. The zero-order chi connectivity index (χ0) is 16.1. The van der Waals surface area contributed by atoms with Gasteiger partial charge in [0, 0.05) is 23.9 Å².